The topological polar surface area (TPSA) is 89.1 Å². The summed E-state index contributed by atoms with van der Waals surface area (Å²) in [5.41, 5.74) is 5.62. The van der Waals surface area contributed by atoms with Crippen molar-refractivity contribution < 1.29 is 14.4 Å². The summed E-state index contributed by atoms with van der Waals surface area (Å²) in [6.45, 7) is 1.06. The molecule has 204 valence electrons. The number of hydrogen-bond acceptors (Lipinski definition) is 6. The summed E-state index contributed by atoms with van der Waals surface area (Å²) >= 11 is 1.57. The molecule has 6 rings (SSSR count). The third-order valence-electron chi connectivity index (χ3n) is 7.61. The van der Waals surface area contributed by atoms with Crippen LogP contribution in [0.5, 0.6) is 0 Å². The largest absolute Gasteiger partial charge is 0.333 e. The highest BCUT2D eigenvalue weighted by Gasteiger charge is 2.51. The maximum atomic E-state index is 14.0. The van der Waals surface area contributed by atoms with E-state index < -0.39 is 12.2 Å². The zero-order chi connectivity index (χ0) is 27.6. The monoisotopic (exact) mass is 554 g/mol. The molecular weight excluding hydrogens is 524 g/mol. The number of rotatable bonds is 7. The molecule has 2 saturated heterocycles. The van der Waals surface area contributed by atoms with Crippen LogP contribution in [0.3, 0.4) is 0 Å². The average Bonchev–Trinajstić information content (AvgIpc) is 3.59. The standard InChI is InChI=1S/C30H30N6O3S/c1-33(30(39)31-16-22-11-6-3-7-12-22)35-19-27(37)36-24(15-21-9-4-2-5-10-21)29(38)34(18-26(35)36)17-23-13-8-14-25-28(23)32-20-40-25/h2-14,20,24,26H,15-19H2,1H3,(H,31,39)/t24?,26-/m1/s1. The molecule has 9 nitrogen and oxygen atoms in total. The molecule has 40 heavy (non-hydrogen) atoms. The van der Waals surface area contributed by atoms with E-state index in [1.807, 2.05) is 89.3 Å². The number of carbonyl (C=O) groups is 3. The predicted octanol–water partition coefficient (Wildman–Crippen LogP) is 3.48. The van der Waals surface area contributed by atoms with Crippen LogP contribution in [-0.4, -0.2) is 75.0 Å². The molecule has 1 N–H and O–H groups in total. The molecule has 4 amide bonds. The van der Waals surface area contributed by atoms with Crippen LogP contribution in [-0.2, 0) is 29.1 Å². The summed E-state index contributed by atoms with van der Waals surface area (Å²) in [5.74, 6) is -0.262. The highest BCUT2D eigenvalue weighted by Crippen LogP contribution is 2.31. The number of urea groups is 1. The molecule has 0 spiro atoms. The lowest BCUT2D eigenvalue weighted by atomic mass is 10.00. The molecule has 0 radical (unpaired) electrons. The van der Waals surface area contributed by atoms with E-state index >= 15 is 0 Å². The fraction of sp³-hybridized carbons (Fsp3) is 0.267. The highest BCUT2D eigenvalue weighted by molar-refractivity contribution is 7.16. The number of aromatic nitrogens is 1. The van der Waals surface area contributed by atoms with Gasteiger partial charge in [0, 0.05) is 26.6 Å². The molecule has 0 saturated carbocycles. The number of nitrogens with one attached hydrogen (secondary N) is 1. The van der Waals surface area contributed by atoms with Crippen molar-refractivity contribution in [3.8, 4) is 0 Å². The number of hydrogen-bond donors (Lipinski definition) is 1. The third-order valence-corrected chi connectivity index (χ3v) is 8.40. The highest BCUT2D eigenvalue weighted by atomic mass is 32.1. The van der Waals surface area contributed by atoms with Crippen LogP contribution < -0.4 is 5.32 Å². The molecule has 1 unspecified atom stereocenters. The van der Waals surface area contributed by atoms with Crippen LogP contribution in [0.15, 0.2) is 84.4 Å². The number of benzene rings is 3. The third kappa shape index (κ3) is 5.03. The first-order chi connectivity index (χ1) is 19.5. The summed E-state index contributed by atoms with van der Waals surface area (Å²) in [7, 11) is 1.67. The average molecular weight is 555 g/mol. The Morgan fingerprint density at radius 3 is 2.48 bits per heavy atom. The van der Waals surface area contributed by atoms with Gasteiger partial charge in [0.05, 0.1) is 28.8 Å². The van der Waals surface area contributed by atoms with Crippen LogP contribution in [0.25, 0.3) is 10.2 Å². The molecule has 1 aromatic heterocycles. The van der Waals surface area contributed by atoms with E-state index in [2.05, 4.69) is 10.3 Å². The maximum Gasteiger partial charge on any atom is 0.332 e. The molecule has 0 bridgehead atoms. The molecule has 2 atom stereocenters. The minimum absolute atomic E-state index is 0.0218. The van der Waals surface area contributed by atoms with Gasteiger partial charge in [0.25, 0.3) is 0 Å². The predicted molar refractivity (Wildman–Crippen MR) is 153 cm³/mol. The Kier molecular flexibility index (Phi) is 7.19. The van der Waals surface area contributed by atoms with E-state index in [-0.39, 0.29) is 30.9 Å². The van der Waals surface area contributed by atoms with Crippen LogP contribution >= 0.6 is 11.3 Å². The Bertz CT molecular complexity index is 1530. The number of fused-ring (bicyclic) bond motifs is 2. The van der Waals surface area contributed by atoms with Crippen LogP contribution in [0, 0.1) is 0 Å². The van der Waals surface area contributed by atoms with Crippen molar-refractivity contribution in [2.24, 2.45) is 0 Å². The van der Waals surface area contributed by atoms with Gasteiger partial charge in [-0.2, -0.15) is 5.01 Å². The van der Waals surface area contributed by atoms with Crippen molar-refractivity contribution in [3.63, 3.8) is 0 Å². The number of piperazine rings is 1. The maximum absolute atomic E-state index is 14.0. The van der Waals surface area contributed by atoms with Gasteiger partial charge < -0.3 is 15.1 Å². The van der Waals surface area contributed by atoms with Crippen molar-refractivity contribution in [2.75, 3.05) is 20.1 Å². The fourth-order valence-corrected chi connectivity index (χ4v) is 6.29. The van der Waals surface area contributed by atoms with E-state index in [1.165, 1.54) is 5.01 Å². The lowest BCUT2D eigenvalue weighted by Crippen LogP contribution is -2.65. The van der Waals surface area contributed by atoms with E-state index in [9.17, 15) is 14.4 Å². The number of amides is 4. The second-order valence-corrected chi connectivity index (χ2v) is 11.0. The second kappa shape index (κ2) is 11.1. The molecule has 2 aliphatic rings. The summed E-state index contributed by atoms with van der Waals surface area (Å²) in [6, 6.07) is 24.4. The summed E-state index contributed by atoms with van der Waals surface area (Å²) in [5, 5.41) is 6.18. The van der Waals surface area contributed by atoms with Gasteiger partial charge in [0.2, 0.25) is 11.8 Å². The Balaban J connectivity index is 1.27. The summed E-state index contributed by atoms with van der Waals surface area (Å²) in [6.07, 6.45) is -0.0714. The Labute approximate surface area is 236 Å². The van der Waals surface area contributed by atoms with Gasteiger partial charge in [0.1, 0.15) is 12.2 Å². The van der Waals surface area contributed by atoms with Crippen molar-refractivity contribution in [1.82, 2.24) is 30.1 Å². The number of nitrogens with zero attached hydrogens (tertiary/aromatic N) is 5. The van der Waals surface area contributed by atoms with Crippen LogP contribution in [0.1, 0.15) is 16.7 Å². The number of para-hydroxylation sites is 1. The first-order valence-corrected chi connectivity index (χ1v) is 14.1. The lowest BCUT2D eigenvalue weighted by molar-refractivity contribution is -0.157. The molecular formula is C30H30N6O3S. The lowest BCUT2D eigenvalue weighted by Gasteiger charge is -2.45. The summed E-state index contributed by atoms with van der Waals surface area (Å²) in [4.78, 5) is 48.6. The van der Waals surface area contributed by atoms with Gasteiger partial charge in [0.15, 0.2) is 0 Å². The minimum atomic E-state index is -0.672. The van der Waals surface area contributed by atoms with Gasteiger partial charge in [-0.3, -0.25) is 14.6 Å². The Hall–Kier alpha value is -4.28. The first kappa shape index (κ1) is 26.0. The normalized spacial score (nSPS) is 19.2. The van der Waals surface area contributed by atoms with E-state index in [0.29, 0.717) is 19.5 Å². The van der Waals surface area contributed by atoms with Crippen molar-refractivity contribution in [2.45, 2.75) is 31.7 Å². The second-order valence-electron chi connectivity index (χ2n) is 10.1. The zero-order valence-electron chi connectivity index (χ0n) is 22.1. The van der Waals surface area contributed by atoms with E-state index in [4.69, 9.17) is 0 Å². The molecule has 2 aliphatic heterocycles. The van der Waals surface area contributed by atoms with E-state index in [1.54, 1.807) is 28.3 Å². The number of thiazole rings is 1. The molecule has 3 heterocycles. The van der Waals surface area contributed by atoms with Gasteiger partial charge in [-0.05, 0) is 22.8 Å². The quantitative estimate of drug-likeness (QED) is 0.378. The molecule has 2 fully saturated rings. The van der Waals surface area contributed by atoms with Crippen LogP contribution in [0.2, 0.25) is 0 Å². The van der Waals surface area contributed by atoms with Crippen LogP contribution in [0.4, 0.5) is 4.79 Å². The SMILES string of the molecule is CN(C(=O)NCc1ccccc1)N1CC(=O)N2C(Cc3ccccc3)C(=O)N(Cc3cccc4scnc34)C[C@@H]21. The Morgan fingerprint density at radius 2 is 1.73 bits per heavy atom. The summed E-state index contributed by atoms with van der Waals surface area (Å²) < 4.78 is 1.07. The van der Waals surface area contributed by atoms with Gasteiger partial charge in [-0.25, -0.2) is 9.78 Å². The smallest absolute Gasteiger partial charge is 0.332 e. The van der Waals surface area contributed by atoms with Gasteiger partial charge in [-0.1, -0.05) is 72.8 Å². The molecule has 3 aromatic carbocycles. The Morgan fingerprint density at radius 1 is 1.00 bits per heavy atom. The fourth-order valence-electron chi connectivity index (χ4n) is 5.57. The van der Waals surface area contributed by atoms with Gasteiger partial charge >= 0.3 is 6.03 Å². The van der Waals surface area contributed by atoms with Crippen molar-refractivity contribution in [1.29, 1.82) is 0 Å². The molecule has 10 heteroatoms. The molecule has 0 aliphatic carbocycles. The zero-order valence-corrected chi connectivity index (χ0v) is 23.0. The van der Waals surface area contributed by atoms with E-state index in [0.717, 1.165) is 26.9 Å². The van der Waals surface area contributed by atoms with Crippen molar-refractivity contribution in [3.05, 3.63) is 101 Å². The first-order valence-electron chi connectivity index (χ1n) is 13.3. The van der Waals surface area contributed by atoms with Crippen molar-refractivity contribution >= 4 is 39.4 Å². The number of hydrazine groups is 1. The van der Waals surface area contributed by atoms with Gasteiger partial charge in [-0.15, -0.1) is 11.3 Å². The minimum Gasteiger partial charge on any atom is -0.333 e. The molecule has 4 aromatic rings. The number of carbonyl (C=O) groups excluding carboxylic acids is 3.